The number of pyridine rings is 1. The van der Waals surface area contributed by atoms with E-state index in [9.17, 15) is 0 Å². The molecule has 0 spiro atoms. The molecule has 0 N–H and O–H groups in total. The van der Waals surface area contributed by atoms with E-state index in [4.69, 9.17) is 16.3 Å². The molecule has 3 nitrogen and oxygen atoms in total. The van der Waals surface area contributed by atoms with Crippen molar-refractivity contribution in [3.8, 4) is 0 Å². The molecule has 0 amide bonds. The highest BCUT2D eigenvalue weighted by Gasteiger charge is 2.13. The molecule has 1 aromatic rings. The van der Waals surface area contributed by atoms with Gasteiger partial charge in [0.15, 0.2) is 0 Å². The van der Waals surface area contributed by atoms with Gasteiger partial charge in [0.2, 0.25) is 0 Å². The summed E-state index contributed by atoms with van der Waals surface area (Å²) in [6.07, 6.45) is 0. The van der Waals surface area contributed by atoms with Crippen molar-refractivity contribution in [1.82, 2.24) is 4.98 Å². The van der Waals surface area contributed by atoms with Gasteiger partial charge >= 0.3 is 0 Å². The van der Waals surface area contributed by atoms with Crippen LogP contribution >= 0.6 is 34.2 Å². The number of alkyl halides is 1. The molecule has 0 atom stereocenters. The molecule has 0 saturated carbocycles. The van der Waals surface area contributed by atoms with Crippen molar-refractivity contribution in [2.45, 2.75) is 4.43 Å². The smallest absolute Gasteiger partial charge is 0.131 e. The van der Waals surface area contributed by atoms with Crippen molar-refractivity contribution in [1.29, 1.82) is 0 Å². The van der Waals surface area contributed by atoms with Gasteiger partial charge < -0.3 is 9.64 Å². The number of rotatable bonds is 2. The van der Waals surface area contributed by atoms with Crippen LogP contribution in [0.5, 0.6) is 0 Å². The number of aromatic nitrogens is 1. The number of ether oxygens (including phenoxy) is 1. The lowest BCUT2D eigenvalue weighted by molar-refractivity contribution is 0.122. The highest BCUT2D eigenvalue weighted by molar-refractivity contribution is 14.1. The first-order valence-corrected chi connectivity index (χ1v) is 6.75. The molecule has 1 aliphatic rings. The normalized spacial score (nSPS) is 16.8. The summed E-state index contributed by atoms with van der Waals surface area (Å²) >= 11 is 8.30. The van der Waals surface area contributed by atoms with Gasteiger partial charge in [-0.2, -0.15) is 0 Å². The van der Waals surface area contributed by atoms with E-state index in [0.717, 1.165) is 36.5 Å². The maximum Gasteiger partial charge on any atom is 0.131 e. The maximum absolute atomic E-state index is 5.98. The van der Waals surface area contributed by atoms with Gasteiger partial charge in [0.25, 0.3) is 0 Å². The molecule has 15 heavy (non-hydrogen) atoms. The fourth-order valence-corrected chi connectivity index (χ4v) is 2.23. The predicted octanol–water partition coefficient (Wildman–Crippen LogP) is 2.51. The monoisotopic (exact) mass is 338 g/mol. The van der Waals surface area contributed by atoms with E-state index in [1.54, 1.807) is 0 Å². The Morgan fingerprint density at radius 2 is 2.13 bits per heavy atom. The van der Waals surface area contributed by atoms with Gasteiger partial charge in [-0.3, -0.25) is 0 Å². The van der Waals surface area contributed by atoms with Crippen LogP contribution in [0.15, 0.2) is 12.1 Å². The molecule has 82 valence electrons. The van der Waals surface area contributed by atoms with Crippen LogP contribution in [0.4, 0.5) is 5.82 Å². The van der Waals surface area contributed by atoms with Gasteiger partial charge in [-0.05, 0) is 17.7 Å². The van der Waals surface area contributed by atoms with Crippen LogP contribution in [0.2, 0.25) is 5.15 Å². The Kier molecular flexibility index (Phi) is 4.05. The third-order valence-electron chi connectivity index (χ3n) is 2.33. The topological polar surface area (TPSA) is 25.4 Å². The van der Waals surface area contributed by atoms with Crippen LogP contribution in [0, 0.1) is 0 Å². The summed E-state index contributed by atoms with van der Waals surface area (Å²) in [5.74, 6) is 0.970. The highest BCUT2D eigenvalue weighted by atomic mass is 127. The Bertz CT molecular complexity index is 342. The fourth-order valence-electron chi connectivity index (χ4n) is 1.57. The minimum atomic E-state index is 0.575. The first-order chi connectivity index (χ1) is 7.29. The molecular formula is C10H12ClIN2O. The van der Waals surface area contributed by atoms with Crippen LogP contribution in [0.1, 0.15) is 5.56 Å². The van der Waals surface area contributed by atoms with Gasteiger partial charge in [0.1, 0.15) is 11.0 Å². The van der Waals surface area contributed by atoms with E-state index < -0.39 is 0 Å². The Morgan fingerprint density at radius 1 is 1.40 bits per heavy atom. The lowest BCUT2D eigenvalue weighted by atomic mass is 10.3. The van der Waals surface area contributed by atoms with Gasteiger partial charge in [-0.1, -0.05) is 34.2 Å². The van der Waals surface area contributed by atoms with Crippen molar-refractivity contribution < 1.29 is 4.74 Å². The van der Waals surface area contributed by atoms with Crippen molar-refractivity contribution in [2.75, 3.05) is 31.2 Å². The highest BCUT2D eigenvalue weighted by Crippen LogP contribution is 2.20. The summed E-state index contributed by atoms with van der Waals surface area (Å²) in [6.45, 7) is 3.34. The zero-order chi connectivity index (χ0) is 10.7. The van der Waals surface area contributed by atoms with E-state index in [2.05, 4.69) is 38.5 Å². The summed E-state index contributed by atoms with van der Waals surface area (Å²) in [7, 11) is 0. The lowest BCUT2D eigenvalue weighted by Crippen LogP contribution is -2.36. The summed E-state index contributed by atoms with van der Waals surface area (Å²) in [5.41, 5.74) is 1.22. The molecule has 1 aromatic heterocycles. The Balaban J connectivity index is 2.22. The summed E-state index contributed by atoms with van der Waals surface area (Å²) in [4.78, 5) is 6.55. The number of nitrogens with zero attached hydrogens (tertiary/aromatic N) is 2. The van der Waals surface area contributed by atoms with Gasteiger partial charge in [-0.25, -0.2) is 4.98 Å². The van der Waals surface area contributed by atoms with Gasteiger partial charge in [0.05, 0.1) is 13.2 Å². The second-order valence-electron chi connectivity index (χ2n) is 3.39. The van der Waals surface area contributed by atoms with Crippen LogP contribution in [-0.4, -0.2) is 31.3 Å². The van der Waals surface area contributed by atoms with Crippen LogP contribution in [0.3, 0.4) is 0 Å². The third-order valence-corrected chi connectivity index (χ3v) is 3.40. The van der Waals surface area contributed by atoms with Crippen molar-refractivity contribution in [3.63, 3.8) is 0 Å². The largest absolute Gasteiger partial charge is 0.378 e. The first-order valence-electron chi connectivity index (χ1n) is 4.85. The SMILES string of the molecule is Clc1cc(CI)cc(N2CCOCC2)n1. The molecule has 0 radical (unpaired) electrons. The molecular weight excluding hydrogens is 326 g/mol. The van der Waals surface area contributed by atoms with E-state index in [1.807, 2.05) is 6.07 Å². The lowest BCUT2D eigenvalue weighted by Gasteiger charge is -2.28. The van der Waals surface area contributed by atoms with Gasteiger partial charge in [0, 0.05) is 17.5 Å². The zero-order valence-electron chi connectivity index (χ0n) is 8.25. The van der Waals surface area contributed by atoms with Crippen LogP contribution in [0.25, 0.3) is 0 Å². The molecule has 2 heterocycles. The Hall–Kier alpha value is -0.0700. The number of morpholine rings is 1. The minimum absolute atomic E-state index is 0.575. The number of hydrogen-bond acceptors (Lipinski definition) is 3. The first kappa shape index (κ1) is 11.4. The Labute approximate surface area is 108 Å². The van der Waals surface area contributed by atoms with Crippen molar-refractivity contribution in [3.05, 3.63) is 22.8 Å². The van der Waals surface area contributed by atoms with Gasteiger partial charge in [-0.15, -0.1) is 0 Å². The third kappa shape index (κ3) is 2.95. The number of hydrogen-bond donors (Lipinski definition) is 0. The number of halogens is 2. The molecule has 0 aromatic carbocycles. The predicted molar refractivity (Wildman–Crippen MR) is 70.0 cm³/mol. The fraction of sp³-hybridized carbons (Fsp3) is 0.500. The van der Waals surface area contributed by atoms with Crippen molar-refractivity contribution >= 4 is 40.0 Å². The average molecular weight is 339 g/mol. The summed E-state index contributed by atoms with van der Waals surface area (Å²) in [5, 5.41) is 0.575. The molecule has 1 aliphatic heterocycles. The molecule has 0 aliphatic carbocycles. The van der Waals surface area contributed by atoms with E-state index in [1.165, 1.54) is 5.56 Å². The van der Waals surface area contributed by atoms with Crippen molar-refractivity contribution in [2.24, 2.45) is 0 Å². The van der Waals surface area contributed by atoms with E-state index in [0.29, 0.717) is 5.15 Å². The molecule has 1 fully saturated rings. The van der Waals surface area contributed by atoms with E-state index >= 15 is 0 Å². The second kappa shape index (κ2) is 5.32. The molecule has 0 bridgehead atoms. The standard InChI is InChI=1S/C10H12ClIN2O/c11-9-5-8(7-12)6-10(13-9)14-1-3-15-4-2-14/h5-6H,1-4,7H2. The van der Waals surface area contributed by atoms with Crippen LogP contribution < -0.4 is 4.90 Å². The quantitative estimate of drug-likeness (QED) is 0.471. The second-order valence-corrected chi connectivity index (χ2v) is 4.54. The molecule has 2 rings (SSSR count). The Morgan fingerprint density at radius 3 is 2.80 bits per heavy atom. The summed E-state index contributed by atoms with van der Waals surface area (Å²) < 4.78 is 6.26. The maximum atomic E-state index is 5.98. The number of anilines is 1. The molecule has 1 saturated heterocycles. The molecule has 5 heteroatoms. The van der Waals surface area contributed by atoms with E-state index in [-0.39, 0.29) is 0 Å². The zero-order valence-corrected chi connectivity index (χ0v) is 11.2. The summed E-state index contributed by atoms with van der Waals surface area (Å²) in [6, 6.07) is 4.02. The minimum Gasteiger partial charge on any atom is -0.378 e. The average Bonchev–Trinajstić information content (AvgIpc) is 2.29. The molecule has 0 unspecified atom stereocenters. The van der Waals surface area contributed by atoms with Crippen LogP contribution in [-0.2, 0) is 9.16 Å².